The van der Waals surface area contributed by atoms with Gasteiger partial charge in [0.2, 0.25) is 0 Å². The summed E-state index contributed by atoms with van der Waals surface area (Å²) in [4.78, 5) is 19.9. The fraction of sp³-hybridized carbons (Fsp3) is 0.214. The average molecular weight is 241 g/mol. The molecule has 0 unspecified atom stereocenters. The number of hydrogen-bond acceptors (Lipinski definition) is 3. The lowest BCUT2D eigenvalue weighted by Gasteiger charge is -2.04. The SMILES string of the molecule is CCCNC(=O)c1ccc(-c2cnccn2)cc1. The molecule has 1 N–H and O–H groups in total. The number of rotatable bonds is 4. The second-order valence-electron chi connectivity index (χ2n) is 3.92. The van der Waals surface area contributed by atoms with Gasteiger partial charge in [-0.05, 0) is 18.6 Å². The number of aromatic nitrogens is 2. The first-order valence-electron chi connectivity index (χ1n) is 5.96. The molecule has 0 aliphatic heterocycles. The molecule has 18 heavy (non-hydrogen) atoms. The van der Waals surface area contributed by atoms with E-state index in [0.717, 1.165) is 17.7 Å². The van der Waals surface area contributed by atoms with Crippen LogP contribution in [0.1, 0.15) is 23.7 Å². The minimum Gasteiger partial charge on any atom is -0.352 e. The van der Waals surface area contributed by atoms with E-state index in [1.807, 2.05) is 19.1 Å². The molecular formula is C14H15N3O. The minimum absolute atomic E-state index is 0.0393. The van der Waals surface area contributed by atoms with Crippen LogP contribution in [0.3, 0.4) is 0 Å². The van der Waals surface area contributed by atoms with E-state index in [4.69, 9.17) is 0 Å². The second-order valence-corrected chi connectivity index (χ2v) is 3.92. The highest BCUT2D eigenvalue weighted by Gasteiger charge is 2.05. The van der Waals surface area contributed by atoms with E-state index in [9.17, 15) is 4.79 Å². The van der Waals surface area contributed by atoms with Gasteiger partial charge in [-0.3, -0.25) is 14.8 Å². The Morgan fingerprint density at radius 2 is 2.00 bits per heavy atom. The molecule has 2 aromatic rings. The van der Waals surface area contributed by atoms with E-state index >= 15 is 0 Å². The van der Waals surface area contributed by atoms with Crippen LogP contribution in [-0.4, -0.2) is 22.4 Å². The van der Waals surface area contributed by atoms with Crippen molar-refractivity contribution in [3.8, 4) is 11.3 Å². The molecule has 1 aromatic carbocycles. The quantitative estimate of drug-likeness (QED) is 0.893. The molecule has 1 aromatic heterocycles. The zero-order valence-corrected chi connectivity index (χ0v) is 10.3. The first kappa shape index (κ1) is 12.2. The molecule has 0 bridgehead atoms. The van der Waals surface area contributed by atoms with Crippen LogP contribution in [0, 0.1) is 0 Å². The molecule has 0 atom stereocenters. The zero-order valence-electron chi connectivity index (χ0n) is 10.3. The average Bonchev–Trinajstić information content (AvgIpc) is 2.46. The lowest BCUT2D eigenvalue weighted by molar-refractivity contribution is 0.0953. The van der Waals surface area contributed by atoms with Crippen molar-refractivity contribution in [2.24, 2.45) is 0 Å². The summed E-state index contributed by atoms with van der Waals surface area (Å²) in [6, 6.07) is 7.36. The monoisotopic (exact) mass is 241 g/mol. The number of carbonyl (C=O) groups is 1. The van der Waals surface area contributed by atoms with Crippen molar-refractivity contribution < 1.29 is 4.79 Å². The first-order chi connectivity index (χ1) is 8.81. The summed E-state index contributed by atoms with van der Waals surface area (Å²) in [6.07, 6.45) is 5.92. The standard InChI is InChI=1S/C14H15N3O/c1-2-7-17-14(18)12-5-3-11(4-6-12)13-10-15-8-9-16-13/h3-6,8-10H,2,7H2,1H3,(H,17,18). The van der Waals surface area contributed by atoms with Crippen molar-refractivity contribution >= 4 is 5.91 Å². The molecule has 4 heteroatoms. The molecule has 0 aliphatic rings. The van der Waals surface area contributed by atoms with Crippen molar-refractivity contribution in [1.29, 1.82) is 0 Å². The van der Waals surface area contributed by atoms with Gasteiger partial charge in [-0.1, -0.05) is 19.1 Å². The van der Waals surface area contributed by atoms with Crippen LogP contribution >= 0.6 is 0 Å². The number of hydrogen-bond donors (Lipinski definition) is 1. The van der Waals surface area contributed by atoms with Gasteiger partial charge in [0.25, 0.3) is 5.91 Å². The van der Waals surface area contributed by atoms with Gasteiger partial charge in [0, 0.05) is 30.1 Å². The van der Waals surface area contributed by atoms with E-state index < -0.39 is 0 Å². The Bertz CT molecular complexity index is 508. The van der Waals surface area contributed by atoms with Crippen LogP contribution in [0.15, 0.2) is 42.9 Å². The smallest absolute Gasteiger partial charge is 0.251 e. The van der Waals surface area contributed by atoms with Crippen LogP contribution in [0.4, 0.5) is 0 Å². The van der Waals surface area contributed by atoms with Gasteiger partial charge in [0.05, 0.1) is 11.9 Å². The predicted octanol–water partition coefficient (Wildman–Crippen LogP) is 2.28. The van der Waals surface area contributed by atoms with Crippen LogP contribution in [0.2, 0.25) is 0 Å². The zero-order chi connectivity index (χ0) is 12.8. The highest BCUT2D eigenvalue weighted by molar-refractivity contribution is 5.94. The summed E-state index contributed by atoms with van der Waals surface area (Å²) >= 11 is 0. The Hall–Kier alpha value is -2.23. The lowest BCUT2D eigenvalue weighted by atomic mass is 10.1. The molecule has 0 saturated heterocycles. The molecule has 1 heterocycles. The minimum atomic E-state index is -0.0393. The Balaban J connectivity index is 2.13. The largest absolute Gasteiger partial charge is 0.352 e. The van der Waals surface area contributed by atoms with Crippen LogP contribution in [0.25, 0.3) is 11.3 Å². The van der Waals surface area contributed by atoms with Gasteiger partial charge in [-0.15, -0.1) is 0 Å². The number of nitrogens with one attached hydrogen (secondary N) is 1. The summed E-state index contributed by atoms with van der Waals surface area (Å²) in [7, 11) is 0. The van der Waals surface area contributed by atoms with Crippen molar-refractivity contribution in [3.63, 3.8) is 0 Å². The first-order valence-corrected chi connectivity index (χ1v) is 5.96. The van der Waals surface area contributed by atoms with Gasteiger partial charge in [0.15, 0.2) is 0 Å². The summed E-state index contributed by atoms with van der Waals surface area (Å²) in [5.41, 5.74) is 2.42. The van der Waals surface area contributed by atoms with Crippen molar-refractivity contribution in [2.75, 3.05) is 6.54 Å². The molecule has 0 aliphatic carbocycles. The third-order valence-electron chi connectivity index (χ3n) is 2.54. The predicted molar refractivity (Wildman–Crippen MR) is 70.1 cm³/mol. The van der Waals surface area contributed by atoms with Crippen molar-refractivity contribution in [1.82, 2.24) is 15.3 Å². The van der Waals surface area contributed by atoms with E-state index in [1.165, 1.54) is 0 Å². The lowest BCUT2D eigenvalue weighted by Crippen LogP contribution is -2.23. The Morgan fingerprint density at radius 3 is 2.61 bits per heavy atom. The Labute approximate surface area is 106 Å². The highest BCUT2D eigenvalue weighted by Crippen LogP contribution is 2.15. The second kappa shape index (κ2) is 5.91. The summed E-state index contributed by atoms with van der Waals surface area (Å²) in [5, 5.41) is 2.84. The third-order valence-corrected chi connectivity index (χ3v) is 2.54. The topological polar surface area (TPSA) is 54.9 Å². The van der Waals surface area contributed by atoms with Gasteiger partial charge >= 0.3 is 0 Å². The molecule has 2 rings (SSSR count). The van der Waals surface area contributed by atoms with E-state index in [2.05, 4.69) is 15.3 Å². The Kier molecular flexibility index (Phi) is 4.02. The maximum Gasteiger partial charge on any atom is 0.251 e. The Morgan fingerprint density at radius 1 is 1.22 bits per heavy atom. The number of benzene rings is 1. The normalized spacial score (nSPS) is 10.1. The number of amides is 1. The fourth-order valence-corrected chi connectivity index (χ4v) is 1.58. The molecular weight excluding hydrogens is 226 g/mol. The molecule has 0 radical (unpaired) electrons. The highest BCUT2D eigenvalue weighted by atomic mass is 16.1. The summed E-state index contributed by atoms with van der Waals surface area (Å²) in [5.74, 6) is -0.0393. The van der Waals surface area contributed by atoms with Gasteiger partial charge in [0.1, 0.15) is 0 Å². The third kappa shape index (κ3) is 2.91. The molecule has 92 valence electrons. The summed E-state index contributed by atoms with van der Waals surface area (Å²) < 4.78 is 0. The summed E-state index contributed by atoms with van der Waals surface area (Å²) in [6.45, 7) is 2.72. The molecule has 0 fully saturated rings. The van der Waals surface area contributed by atoms with Gasteiger partial charge in [-0.2, -0.15) is 0 Å². The van der Waals surface area contributed by atoms with E-state index in [1.54, 1.807) is 30.7 Å². The van der Waals surface area contributed by atoms with Crippen LogP contribution < -0.4 is 5.32 Å². The van der Waals surface area contributed by atoms with Crippen molar-refractivity contribution in [2.45, 2.75) is 13.3 Å². The van der Waals surface area contributed by atoms with Gasteiger partial charge in [-0.25, -0.2) is 0 Å². The number of nitrogens with zero attached hydrogens (tertiary/aromatic N) is 2. The maximum absolute atomic E-state index is 11.7. The molecule has 4 nitrogen and oxygen atoms in total. The van der Waals surface area contributed by atoms with Crippen LogP contribution in [0.5, 0.6) is 0 Å². The fourth-order valence-electron chi connectivity index (χ4n) is 1.58. The van der Waals surface area contributed by atoms with Crippen molar-refractivity contribution in [3.05, 3.63) is 48.4 Å². The van der Waals surface area contributed by atoms with Crippen LogP contribution in [-0.2, 0) is 0 Å². The molecule has 1 amide bonds. The molecule has 0 spiro atoms. The number of carbonyl (C=O) groups excluding carboxylic acids is 1. The molecule has 0 saturated carbocycles. The van der Waals surface area contributed by atoms with E-state index in [0.29, 0.717) is 12.1 Å². The van der Waals surface area contributed by atoms with E-state index in [-0.39, 0.29) is 5.91 Å². The maximum atomic E-state index is 11.7. The van der Waals surface area contributed by atoms with Gasteiger partial charge < -0.3 is 5.32 Å².